The van der Waals surface area contributed by atoms with Crippen molar-refractivity contribution in [3.63, 3.8) is 0 Å². The first kappa shape index (κ1) is 15.3. The normalized spacial score (nSPS) is 16.2. The minimum absolute atomic E-state index is 0.539. The molecular weight excluding hydrogens is 328 g/mol. The van der Waals surface area contributed by atoms with Gasteiger partial charge in [0.05, 0.1) is 11.9 Å². The predicted octanol–water partition coefficient (Wildman–Crippen LogP) is 2.84. The summed E-state index contributed by atoms with van der Waals surface area (Å²) < 4.78 is 1.26. The van der Waals surface area contributed by atoms with Gasteiger partial charge in [0.15, 0.2) is 0 Å². The highest BCUT2D eigenvalue weighted by Gasteiger charge is 2.28. The third-order valence-corrected chi connectivity index (χ3v) is 5.24. The molecule has 1 fully saturated rings. The van der Waals surface area contributed by atoms with Crippen LogP contribution in [0.2, 0.25) is 0 Å². The molecule has 5 heterocycles. The molecule has 5 rings (SSSR count). The van der Waals surface area contributed by atoms with Crippen LogP contribution in [0.15, 0.2) is 36.8 Å². The van der Waals surface area contributed by atoms with E-state index >= 15 is 0 Å². The summed E-state index contributed by atoms with van der Waals surface area (Å²) in [6.45, 7) is 2.06. The lowest BCUT2D eigenvalue weighted by atomic mass is 9.94. The van der Waals surface area contributed by atoms with Crippen molar-refractivity contribution in [2.24, 2.45) is 5.92 Å². The van der Waals surface area contributed by atoms with Crippen LogP contribution in [0.5, 0.6) is 0 Å². The Morgan fingerprint density at radius 3 is 2.92 bits per heavy atom. The van der Waals surface area contributed by atoms with E-state index in [0.29, 0.717) is 23.3 Å². The van der Waals surface area contributed by atoms with Gasteiger partial charge in [-0.05, 0) is 50.0 Å². The van der Waals surface area contributed by atoms with Crippen molar-refractivity contribution < 1.29 is 5.21 Å². The van der Waals surface area contributed by atoms with E-state index < -0.39 is 0 Å². The lowest BCUT2D eigenvalue weighted by Gasteiger charge is -2.21. The lowest BCUT2D eigenvalue weighted by Crippen LogP contribution is -2.29. The number of anilines is 2. The Hall–Kier alpha value is -2.93. The van der Waals surface area contributed by atoms with E-state index in [1.165, 1.54) is 4.73 Å². The first-order valence-electron chi connectivity index (χ1n) is 8.99. The summed E-state index contributed by atoms with van der Waals surface area (Å²) in [5.74, 6) is 1.95. The number of hydrogen-bond donors (Lipinski definition) is 3. The van der Waals surface area contributed by atoms with Gasteiger partial charge in [0, 0.05) is 29.9 Å². The summed E-state index contributed by atoms with van der Waals surface area (Å²) in [6.07, 6.45) is 8.24. The van der Waals surface area contributed by atoms with Gasteiger partial charge in [0.1, 0.15) is 23.0 Å². The molecule has 3 aromatic heterocycles. The quantitative estimate of drug-likeness (QED) is 0.483. The minimum atomic E-state index is 0.539. The van der Waals surface area contributed by atoms with E-state index in [1.54, 1.807) is 18.6 Å². The first-order valence-corrected chi connectivity index (χ1v) is 8.99. The molecule has 2 aliphatic heterocycles. The summed E-state index contributed by atoms with van der Waals surface area (Å²) in [4.78, 5) is 13.5. The molecule has 7 nitrogen and oxygen atoms in total. The van der Waals surface area contributed by atoms with E-state index in [4.69, 9.17) is 4.98 Å². The highest BCUT2D eigenvalue weighted by Crippen LogP contribution is 2.42. The zero-order chi connectivity index (χ0) is 17.5. The van der Waals surface area contributed by atoms with Gasteiger partial charge in [-0.25, -0.2) is 9.97 Å². The van der Waals surface area contributed by atoms with Crippen LogP contribution in [-0.4, -0.2) is 38.0 Å². The first-order chi connectivity index (χ1) is 12.8. The third kappa shape index (κ3) is 2.43. The van der Waals surface area contributed by atoms with Crippen LogP contribution in [0.1, 0.15) is 18.7 Å². The molecule has 3 N–H and O–H groups in total. The third-order valence-electron chi connectivity index (χ3n) is 5.24. The number of piperidine rings is 1. The van der Waals surface area contributed by atoms with Crippen LogP contribution in [0.3, 0.4) is 0 Å². The van der Waals surface area contributed by atoms with Crippen LogP contribution >= 0.6 is 0 Å². The van der Waals surface area contributed by atoms with Crippen molar-refractivity contribution in [3.8, 4) is 22.5 Å². The molecule has 0 amide bonds. The molecule has 132 valence electrons. The maximum absolute atomic E-state index is 11.0. The van der Waals surface area contributed by atoms with E-state index in [9.17, 15) is 5.21 Å². The topological polar surface area (TPSA) is 87.9 Å². The Kier molecular flexibility index (Phi) is 3.60. The van der Waals surface area contributed by atoms with Crippen molar-refractivity contribution in [2.45, 2.75) is 19.3 Å². The average molecular weight is 348 g/mol. The molecule has 26 heavy (non-hydrogen) atoms. The van der Waals surface area contributed by atoms with E-state index in [1.807, 2.05) is 18.2 Å². The van der Waals surface area contributed by atoms with Gasteiger partial charge in [-0.1, -0.05) is 0 Å². The number of hydrogen-bond acceptors (Lipinski definition) is 6. The van der Waals surface area contributed by atoms with Crippen LogP contribution in [-0.2, 0) is 6.42 Å². The minimum Gasteiger partial charge on any atom is -0.427 e. The molecule has 2 aliphatic rings. The van der Waals surface area contributed by atoms with Crippen LogP contribution < -0.4 is 10.6 Å². The van der Waals surface area contributed by atoms with Crippen LogP contribution in [0.4, 0.5) is 11.5 Å². The fraction of sp³-hybridized carbons (Fsp3) is 0.316. The molecule has 0 unspecified atom stereocenters. The van der Waals surface area contributed by atoms with Crippen molar-refractivity contribution in [1.29, 1.82) is 0 Å². The SMILES string of the molecule is On1c(CC2CCNCC2)nc2c1-c1cccnc1Nc1cnccc1-2. The number of imidazole rings is 1. The number of nitrogens with one attached hydrogen (secondary N) is 2. The second-order valence-electron chi connectivity index (χ2n) is 6.88. The largest absolute Gasteiger partial charge is 0.427 e. The standard InChI is InChI=1S/C19H20N6O/c26-25-16(10-12-3-7-20-8-4-12)24-17-13-5-9-21-11-15(13)23-19-14(18(17)25)2-1-6-22-19/h1-2,5-6,9,11-12,20,26H,3-4,7-8,10H2,(H,22,23). The summed E-state index contributed by atoms with van der Waals surface area (Å²) in [5, 5.41) is 17.7. The Labute approximate surface area is 151 Å². The molecular formula is C19H20N6O. The zero-order valence-electron chi connectivity index (χ0n) is 14.3. The fourth-order valence-corrected chi connectivity index (χ4v) is 3.89. The Bertz CT molecular complexity index is 960. The second kappa shape index (κ2) is 6.10. The van der Waals surface area contributed by atoms with E-state index in [2.05, 4.69) is 20.6 Å². The second-order valence-corrected chi connectivity index (χ2v) is 6.88. The Morgan fingerprint density at radius 2 is 2.04 bits per heavy atom. The van der Waals surface area contributed by atoms with Gasteiger partial charge >= 0.3 is 0 Å². The summed E-state index contributed by atoms with van der Waals surface area (Å²) >= 11 is 0. The monoisotopic (exact) mass is 348 g/mol. The van der Waals surface area contributed by atoms with Crippen LogP contribution in [0, 0.1) is 5.92 Å². The zero-order valence-corrected chi connectivity index (χ0v) is 14.3. The number of pyridine rings is 2. The summed E-state index contributed by atoms with van der Waals surface area (Å²) in [6, 6.07) is 5.75. The highest BCUT2D eigenvalue weighted by atomic mass is 16.5. The average Bonchev–Trinajstić information content (AvgIpc) is 2.92. The molecule has 0 bridgehead atoms. The fourth-order valence-electron chi connectivity index (χ4n) is 3.89. The molecule has 0 atom stereocenters. The molecule has 7 heteroatoms. The van der Waals surface area contributed by atoms with Crippen molar-refractivity contribution in [2.75, 3.05) is 18.4 Å². The van der Waals surface area contributed by atoms with Gasteiger partial charge in [-0.2, -0.15) is 4.73 Å². The molecule has 3 aromatic rings. The van der Waals surface area contributed by atoms with Gasteiger partial charge in [-0.15, -0.1) is 0 Å². The van der Waals surface area contributed by atoms with Gasteiger partial charge in [0.25, 0.3) is 0 Å². The van der Waals surface area contributed by atoms with Gasteiger partial charge in [0.2, 0.25) is 0 Å². The van der Waals surface area contributed by atoms with Crippen molar-refractivity contribution in [3.05, 3.63) is 42.6 Å². The summed E-state index contributed by atoms with van der Waals surface area (Å²) in [7, 11) is 0. The molecule has 0 spiro atoms. The number of rotatable bonds is 2. The summed E-state index contributed by atoms with van der Waals surface area (Å²) in [5.41, 5.74) is 4.07. The lowest BCUT2D eigenvalue weighted by molar-refractivity contribution is 0.175. The Balaban J connectivity index is 1.67. The molecule has 0 radical (unpaired) electrons. The van der Waals surface area contributed by atoms with Gasteiger partial charge in [-0.3, -0.25) is 4.98 Å². The maximum atomic E-state index is 11.0. The predicted molar refractivity (Wildman–Crippen MR) is 98.5 cm³/mol. The number of fused-ring (bicyclic) bond motifs is 5. The Morgan fingerprint density at radius 1 is 1.15 bits per heavy atom. The van der Waals surface area contributed by atoms with E-state index in [-0.39, 0.29) is 0 Å². The van der Waals surface area contributed by atoms with E-state index in [0.717, 1.165) is 54.9 Å². The molecule has 0 aromatic carbocycles. The van der Waals surface area contributed by atoms with Crippen LogP contribution in [0.25, 0.3) is 22.5 Å². The smallest absolute Gasteiger partial charge is 0.146 e. The van der Waals surface area contributed by atoms with Gasteiger partial charge < -0.3 is 15.8 Å². The molecule has 0 aliphatic carbocycles. The maximum Gasteiger partial charge on any atom is 0.146 e. The van der Waals surface area contributed by atoms with Crippen molar-refractivity contribution >= 4 is 11.5 Å². The van der Waals surface area contributed by atoms with Crippen molar-refractivity contribution in [1.82, 2.24) is 25.0 Å². The highest BCUT2D eigenvalue weighted by molar-refractivity contribution is 5.94. The molecule has 0 saturated carbocycles. The number of aromatic nitrogens is 4. The number of nitrogens with zero attached hydrogens (tertiary/aromatic N) is 4. The molecule has 1 saturated heterocycles.